The Morgan fingerprint density at radius 3 is 2.53 bits per heavy atom. The van der Waals surface area contributed by atoms with Gasteiger partial charge in [-0.2, -0.15) is 0 Å². The molecule has 1 saturated heterocycles. The van der Waals surface area contributed by atoms with E-state index >= 15 is 0 Å². The molecule has 0 aliphatic carbocycles. The Balaban J connectivity index is 1.97. The Bertz CT molecular complexity index is 377. The van der Waals surface area contributed by atoms with Gasteiger partial charge in [0.2, 0.25) is 0 Å². The van der Waals surface area contributed by atoms with Crippen molar-refractivity contribution in [3.63, 3.8) is 0 Å². The van der Waals surface area contributed by atoms with Crippen LogP contribution in [0.15, 0.2) is 24.3 Å². The summed E-state index contributed by atoms with van der Waals surface area (Å²) in [5.41, 5.74) is 8.33. The van der Waals surface area contributed by atoms with Gasteiger partial charge in [0.05, 0.1) is 6.61 Å². The normalized spacial score (nSPS) is 19.2. The van der Waals surface area contributed by atoms with Crippen LogP contribution < -0.4 is 10.6 Å². The van der Waals surface area contributed by atoms with Gasteiger partial charge in [-0.05, 0) is 37.6 Å². The number of benzene rings is 1. The molecule has 0 aromatic heterocycles. The number of rotatable bonds is 4. The molecule has 3 N–H and O–H groups in total. The van der Waals surface area contributed by atoms with Gasteiger partial charge in [0.1, 0.15) is 0 Å². The fourth-order valence-electron chi connectivity index (χ4n) is 2.58. The van der Waals surface area contributed by atoms with Crippen LogP contribution in [0.2, 0.25) is 0 Å². The molecule has 0 amide bonds. The van der Waals surface area contributed by atoms with Crippen molar-refractivity contribution in [3.05, 3.63) is 29.8 Å². The zero-order valence-corrected chi connectivity index (χ0v) is 11.8. The number of hydrogen-bond donors (Lipinski definition) is 2. The van der Waals surface area contributed by atoms with Crippen LogP contribution in [0.5, 0.6) is 0 Å². The van der Waals surface area contributed by atoms with Crippen molar-refractivity contribution in [2.45, 2.75) is 19.4 Å². The first-order valence-electron chi connectivity index (χ1n) is 7.14. The molecule has 1 atom stereocenters. The van der Waals surface area contributed by atoms with Crippen LogP contribution in [-0.4, -0.2) is 49.3 Å². The van der Waals surface area contributed by atoms with Crippen LogP contribution in [0.4, 0.5) is 5.69 Å². The average molecular weight is 263 g/mol. The summed E-state index contributed by atoms with van der Waals surface area (Å²) in [7, 11) is 0. The molecule has 4 heteroatoms. The van der Waals surface area contributed by atoms with Crippen molar-refractivity contribution < 1.29 is 5.11 Å². The molecule has 0 spiro atoms. The highest BCUT2D eigenvalue weighted by atomic mass is 16.3. The van der Waals surface area contributed by atoms with Gasteiger partial charge in [-0.3, -0.25) is 4.90 Å². The molecule has 1 heterocycles. The molecule has 1 aliphatic heterocycles. The Labute approximate surface area is 115 Å². The minimum atomic E-state index is 0.0956. The summed E-state index contributed by atoms with van der Waals surface area (Å²) in [5.74, 6) is 0. The Morgan fingerprint density at radius 2 is 1.89 bits per heavy atom. The van der Waals surface area contributed by atoms with E-state index in [2.05, 4.69) is 34.1 Å². The third-order valence-electron chi connectivity index (χ3n) is 3.79. The number of hydrogen-bond acceptors (Lipinski definition) is 4. The molecule has 1 aromatic rings. The first-order valence-corrected chi connectivity index (χ1v) is 7.14. The average Bonchev–Trinajstić information content (AvgIpc) is 2.65. The lowest BCUT2D eigenvalue weighted by molar-refractivity contribution is 0.204. The van der Waals surface area contributed by atoms with E-state index in [1.807, 2.05) is 6.92 Å². The zero-order chi connectivity index (χ0) is 13.7. The second kappa shape index (κ2) is 6.89. The van der Waals surface area contributed by atoms with Crippen molar-refractivity contribution in [2.24, 2.45) is 5.73 Å². The Morgan fingerprint density at radius 1 is 1.16 bits per heavy atom. The Kier molecular flexibility index (Phi) is 5.19. The number of anilines is 1. The third-order valence-corrected chi connectivity index (χ3v) is 3.79. The van der Waals surface area contributed by atoms with Crippen LogP contribution >= 0.6 is 0 Å². The molecule has 106 valence electrons. The maximum absolute atomic E-state index is 9.01. The zero-order valence-electron chi connectivity index (χ0n) is 11.8. The molecule has 0 radical (unpaired) electrons. The lowest BCUT2D eigenvalue weighted by atomic mass is 10.1. The number of nitrogens with zero attached hydrogens (tertiary/aromatic N) is 2. The van der Waals surface area contributed by atoms with E-state index in [4.69, 9.17) is 10.8 Å². The van der Waals surface area contributed by atoms with Crippen molar-refractivity contribution in [2.75, 3.05) is 44.2 Å². The number of aliphatic hydroxyl groups is 1. The fourth-order valence-corrected chi connectivity index (χ4v) is 2.58. The summed E-state index contributed by atoms with van der Waals surface area (Å²) >= 11 is 0. The molecule has 1 aliphatic rings. The minimum Gasteiger partial charge on any atom is -0.395 e. The summed E-state index contributed by atoms with van der Waals surface area (Å²) in [6.45, 7) is 7.26. The minimum absolute atomic E-state index is 0.0956. The maximum Gasteiger partial charge on any atom is 0.0558 e. The predicted octanol–water partition coefficient (Wildman–Crippen LogP) is 1.21. The van der Waals surface area contributed by atoms with Gasteiger partial charge in [0.25, 0.3) is 0 Å². The topological polar surface area (TPSA) is 52.7 Å². The largest absolute Gasteiger partial charge is 0.395 e. The number of β-amino-alcohol motifs (C(OH)–C–C–N with tert-alkyl or cyclic N) is 1. The van der Waals surface area contributed by atoms with Crippen LogP contribution in [0.3, 0.4) is 0 Å². The summed E-state index contributed by atoms with van der Waals surface area (Å²) in [6.07, 6.45) is 1.15. The molecule has 1 unspecified atom stereocenters. The SMILES string of the molecule is CC(N)c1ccc(N2CCCN(CCO)CC2)cc1. The maximum atomic E-state index is 9.01. The lowest BCUT2D eigenvalue weighted by Crippen LogP contribution is -2.32. The quantitative estimate of drug-likeness (QED) is 0.857. The van der Waals surface area contributed by atoms with Gasteiger partial charge in [-0.1, -0.05) is 12.1 Å². The van der Waals surface area contributed by atoms with Gasteiger partial charge >= 0.3 is 0 Å². The molecule has 1 aromatic carbocycles. The summed E-state index contributed by atoms with van der Waals surface area (Å²) < 4.78 is 0. The van der Waals surface area contributed by atoms with Crippen LogP contribution in [-0.2, 0) is 0 Å². The molecular formula is C15H25N3O. The highest BCUT2D eigenvalue weighted by Gasteiger charge is 2.14. The third kappa shape index (κ3) is 3.93. The second-order valence-electron chi connectivity index (χ2n) is 5.29. The Hall–Kier alpha value is -1.10. The van der Waals surface area contributed by atoms with Gasteiger partial charge in [0, 0.05) is 37.9 Å². The van der Waals surface area contributed by atoms with Crippen molar-refractivity contribution in [1.29, 1.82) is 0 Å². The summed E-state index contributed by atoms with van der Waals surface area (Å²) in [5, 5.41) is 9.01. The molecule has 4 nitrogen and oxygen atoms in total. The van der Waals surface area contributed by atoms with Crippen LogP contribution in [0.25, 0.3) is 0 Å². The van der Waals surface area contributed by atoms with E-state index < -0.39 is 0 Å². The summed E-state index contributed by atoms with van der Waals surface area (Å²) in [6, 6.07) is 8.67. The van der Waals surface area contributed by atoms with Gasteiger partial charge < -0.3 is 15.7 Å². The highest BCUT2D eigenvalue weighted by Crippen LogP contribution is 2.19. The number of aliphatic hydroxyl groups excluding tert-OH is 1. The molecule has 19 heavy (non-hydrogen) atoms. The molecule has 2 rings (SSSR count). The van der Waals surface area contributed by atoms with E-state index in [0.29, 0.717) is 0 Å². The molecular weight excluding hydrogens is 238 g/mol. The van der Waals surface area contributed by atoms with E-state index in [1.165, 1.54) is 11.3 Å². The second-order valence-corrected chi connectivity index (χ2v) is 5.29. The molecule has 0 saturated carbocycles. The van der Waals surface area contributed by atoms with Crippen molar-refractivity contribution in [3.8, 4) is 0 Å². The first-order chi connectivity index (χ1) is 9.20. The van der Waals surface area contributed by atoms with Crippen LogP contribution in [0, 0.1) is 0 Å². The van der Waals surface area contributed by atoms with E-state index in [9.17, 15) is 0 Å². The molecule has 0 bridgehead atoms. The van der Waals surface area contributed by atoms with E-state index in [1.54, 1.807) is 0 Å². The van der Waals surface area contributed by atoms with Crippen molar-refractivity contribution in [1.82, 2.24) is 4.90 Å². The van der Waals surface area contributed by atoms with E-state index in [0.717, 1.165) is 39.1 Å². The molecule has 1 fully saturated rings. The monoisotopic (exact) mass is 263 g/mol. The smallest absolute Gasteiger partial charge is 0.0558 e. The lowest BCUT2D eigenvalue weighted by Gasteiger charge is -2.24. The standard InChI is InChI=1S/C15H25N3O/c1-13(16)14-3-5-15(6-4-14)18-8-2-7-17(9-10-18)11-12-19/h3-6,13,19H,2,7-12,16H2,1H3. The first kappa shape index (κ1) is 14.3. The summed E-state index contributed by atoms with van der Waals surface area (Å²) in [4.78, 5) is 4.75. The highest BCUT2D eigenvalue weighted by molar-refractivity contribution is 5.48. The van der Waals surface area contributed by atoms with Crippen LogP contribution in [0.1, 0.15) is 24.9 Å². The predicted molar refractivity (Wildman–Crippen MR) is 79.4 cm³/mol. The van der Waals surface area contributed by atoms with Gasteiger partial charge in [-0.25, -0.2) is 0 Å². The van der Waals surface area contributed by atoms with Gasteiger partial charge in [-0.15, -0.1) is 0 Å². The van der Waals surface area contributed by atoms with E-state index in [-0.39, 0.29) is 12.6 Å². The van der Waals surface area contributed by atoms with Crippen molar-refractivity contribution >= 4 is 5.69 Å². The van der Waals surface area contributed by atoms with Gasteiger partial charge in [0.15, 0.2) is 0 Å². The number of nitrogens with two attached hydrogens (primary N) is 1. The fraction of sp³-hybridized carbons (Fsp3) is 0.600.